The van der Waals surface area contributed by atoms with Gasteiger partial charge < -0.3 is 0 Å². The van der Waals surface area contributed by atoms with Crippen molar-refractivity contribution in [2.45, 2.75) is 37.1 Å². The van der Waals surface area contributed by atoms with Crippen LogP contribution in [0.5, 0.6) is 0 Å². The monoisotopic (exact) mass is 267 g/mol. The largest absolute Gasteiger partial charge is 0.298 e. The number of hydrogen-bond donors (Lipinski definition) is 0. The Balaban J connectivity index is 2.07. The van der Waals surface area contributed by atoms with Crippen molar-refractivity contribution >= 4 is 9.84 Å². The highest BCUT2D eigenvalue weighted by atomic mass is 32.2. The van der Waals surface area contributed by atoms with Gasteiger partial charge in [-0.05, 0) is 25.5 Å². The van der Waals surface area contributed by atoms with E-state index >= 15 is 0 Å². The molecule has 0 saturated heterocycles. The minimum absolute atomic E-state index is 0.167. The van der Waals surface area contributed by atoms with Crippen LogP contribution in [0.3, 0.4) is 0 Å². The zero-order chi connectivity index (χ0) is 13.2. The molecule has 0 spiro atoms. The lowest BCUT2D eigenvalue weighted by Gasteiger charge is -2.28. The van der Waals surface area contributed by atoms with E-state index in [1.807, 2.05) is 25.2 Å². The van der Waals surface area contributed by atoms with E-state index in [1.165, 1.54) is 11.8 Å². The van der Waals surface area contributed by atoms with Crippen LogP contribution in [0.15, 0.2) is 30.3 Å². The first-order chi connectivity index (χ1) is 8.48. The zero-order valence-corrected chi connectivity index (χ0v) is 11.9. The molecule has 1 aliphatic rings. The lowest BCUT2D eigenvalue weighted by atomic mass is 10.1. The Hall–Kier alpha value is -0.870. The second-order valence-corrected chi connectivity index (χ2v) is 7.53. The Morgan fingerprint density at radius 2 is 1.89 bits per heavy atom. The van der Waals surface area contributed by atoms with Gasteiger partial charge >= 0.3 is 0 Å². The molecule has 1 aromatic rings. The zero-order valence-electron chi connectivity index (χ0n) is 11.0. The van der Waals surface area contributed by atoms with Gasteiger partial charge in [0.25, 0.3) is 0 Å². The highest BCUT2D eigenvalue weighted by molar-refractivity contribution is 7.91. The molecule has 2 atom stereocenters. The molecule has 1 saturated carbocycles. The molecule has 0 radical (unpaired) electrons. The molecular weight excluding hydrogens is 246 g/mol. The standard InChI is InChI=1S/C14H21NO2S/c1-15(11-12-7-4-3-5-8-12)13-9-6-10-14(13)18(2,16)17/h3-5,7-8,13-14H,6,9-11H2,1-2H3/t13-,14-/m1/s1. The maximum atomic E-state index is 11.8. The van der Waals surface area contributed by atoms with E-state index in [1.54, 1.807) is 0 Å². The first kappa shape index (κ1) is 13.6. The summed E-state index contributed by atoms with van der Waals surface area (Å²) in [5.41, 5.74) is 1.24. The summed E-state index contributed by atoms with van der Waals surface area (Å²) in [5, 5.41) is -0.189. The van der Waals surface area contributed by atoms with Crippen molar-refractivity contribution in [3.05, 3.63) is 35.9 Å². The van der Waals surface area contributed by atoms with E-state index in [9.17, 15) is 8.42 Å². The third kappa shape index (κ3) is 3.12. The molecule has 0 heterocycles. The van der Waals surface area contributed by atoms with Crippen LogP contribution in [-0.2, 0) is 16.4 Å². The van der Waals surface area contributed by atoms with Crippen molar-refractivity contribution in [3.8, 4) is 0 Å². The molecule has 4 heteroatoms. The third-order valence-electron chi connectivity index (χ3n) is 3.81. The smallest absolute Gasteiger partial charge is 0.151 e. The fourth-order valence-corrected chi connectivity index (χ4v) is 4.41. The van der Waals surface area contributed by atoms with Crippen molar-refractivity contribution in [3.63, 3.8) is 0 Å². The van der Waals surface area contributed by atoms with Crippen LogP contribution in [0.1, 0.15) is 24.8 Å². The Labute approximate surface area is 110 Å². The van der Waals surface area contributed by atoms with Gasteiger partial charge in [0, 0.05) is 18.8 Å². The van der Waals surface area contributed by atoms with Crippen molar-refractivity contribution in [2.75, 3.05) is 13.3 Å². The van der Waals surface area contributed by atoms with Gasteiger partial charge in [0.1, 0.15) is 0 Å². The minimum atomic E-state index is -2.93. The first-order valence-corrected chi connectivity index (χ1v) is 8.37. The summed E-state index contributed by atoms with van der Waals surface area (Å²) in [5.74, 6) is 0. The molecule has 1 fully saturated rings. The van der Waals surface area contributed by atoms with Gasteiger partial charge in [-0.15, -0.1) is 0 Å². The van der Waals surface area contributed by atoms with Crippen LogP contribution in [0, 0.1) is 0 Å². The lowest BCUT2D eigenvalue weighted by Crippen LogP contribution is -2.40. The average molecular weight is 267 g/mol. The summed E-state index contributed by atoms with van der Waals surface area (Å²) in [6.45, 7) is 0.817. The van der Waals surface area contributed by atoms with E-state index in [2.05, 4.69) is 17.0 Å². The van der Waals surface area contributed by atoms with Crippen molar-refractivity contribution in [1.29, 1.82) is 0 Å². The fraction of sp³-hybridized carbons (Fsp3) is 0.571. The van der Waals surface area contributed by atoms with E-state index in [0.717, 1.165) is 25.8 Å². The molecule has 0 N–H and O–H groups in total. The number of benzene rings is 1. The maximum absolute atomic E-state index is 11.8. The number of hydrogen-bond acceptors (Lipinski definition) is 3. The molecule has 18 heavy (non-hydrogen) atoms. The Kier molecular flexibility index (Phi) is 4.07. The van der Waals surface area contributed by atoms with Crippen LogP contribution in [-0.4, -0.2) is 37.9 Å². The van der Waals surface area contributed by atoms with Gasteiger partial charge in [-0.1, -0.05) is 36.8 Å². The van der Waals surface area contributed by atoms with E-state index in [-0.39, 0.29) is 11.3 Å². The second-order valence-electron chi connectivity index (χ2n) is 5.27. The van der Waals surface area contributed by atoms with Crippen molar-refractivity contribution < 1.29 is 8.42 Å². The third-order valence-corrected chi connectivity index (χ3v) is 5.46. The van der Waals surface area contributed by atoms with Gasteiger partial charge in [0.2, 0.25) is 0 Å². The molecule has 0 aliphatic heterocycles. The van der Waals surface area contributed by atoms with Gasteiger partial charge in [-0.2, -0.15) is 0 Å². The quantitative estimate of drug-likeness (QED) is 0.838. The molecule has 2 rings (SSSR count). The van der Waals surface area contributed by atoms with E-state index < -0.39 is 9.84 Å². The molecular formula is C14H21NO2S. The first-order valence-electron chi connectivity index (χ1n) is 6.41. The van der Waals surface area contributed by atoms with Crippen molar-refractivity contribution in [2.24, 2.45) is 0 Å². The summed E-state index contributed by atoms with van der Waals surface area (Å²) in [4.78, 5) is 2.19. The molecule has 0 amide bonds. The molecule has 1 aliphatic carbocycles. The highest BCUT2D eigenvalue weighted by Gasteiger charge is 2.36. The summed E-state index contributed by atoms with van der Waals surface area (Å²) in [7, 11) is -0.902. The average Bonchev–Trinajstić information content (AvgIpc) is 2.79. The molecule has 3 nitrogen and oxygen atoms in total. The van der Waals surface area contributed by atoms with Crippen LogP contribution < -0.4 is 0 Å². The maximum Gasteiger partial charge on any atom is 0.151 e. The Morgan fingerprint density at radius 3 is 2.50 bits per heavy atom. The summed E-state index contributed by atoms with van der Waals surface area (Å²) >= 11 is 0. The van der Waals surface area contributed by atoms with Gasteiger partial charge in [-0.25, -0.2) is 8.42 Å². The molecule has 100 valence electrons. The summed E-state index contributed by atoms with van der Waals surface area (Å²) in [6.07, 6.45) is 4.18. The van der Waals surface area contributed by atoms with Crippen LogP contribution in [0.2, 0.25) is 0 Å². The van der Waals surface area contributed by atoms with Gasteiger partial charge in [-0.3, -0.25) is 4.90 Å². The van der Waals surface area contributed by atoms with Gasteiger partial charge in [0.05, 0.1) is 5.25 Å². The SMILES string of the molecule is CN(Cc1ccccc1)[C@@H]1CCC[C@H]1S(C)(=O)=O. The van der Waals surface area contributed by atoms with E-state index in [0.29, 0.717) is 0 Å². The van der Waals surface area contributed by atoms with Crippen LogP contribution in [0.4, 0.5) is 0 Å². The normalized spacial score (nSPS) is 24.6. The molecule has 0 unspecified atom stereocenters. The van der Waals surface area contributed by atoms with Gasteiger partial charge in [0.15, 0.2) is 9.84 Å². The lowest BCUT2D eigenvalue weighted by molar-refractivity contribution is 0.238. The Morgan fingerprint density at radius 1 is 1.22 bits per heavy atom. The van der Waals surface area contributed by atoms with Crippen LogP contribution >= 0.6 is 0 Å². The predicted molar refractivity (Wildman–Crippen MR) is 74.2 cm³/mol. The summed E-state index contributed by atoms with van der Waals surface area (Å²) < 4.78 is 23.5. The minimum Gasteiger partial charge on any atom is -0.298 e. The predicted octanol–water partition coefficient (Wildman–Crippen LogP) is 2.08. The number of nitrogens with zero attached hydrogens (tertiary/aromatic N) is 1. The van der Waals surface area contributed by atoms with Crippen LogP contribution in [0.25, 0.3) is 0 Å². The second kappa shape index (κ2) is 5.41. The van der Waals surface area contributed by atoms with Crippen molar-refractivity contribution in [1.82, 2.24) is 4.90 Å². The van der Waals surface area contributed by atoms with E-state index in [4.69, 9.17) is 0 Å². The topological polar surface area (TPSA) is 37.4 Å². The molecule has 1 aromatic carbocycles. The highest BCUT2D eigenvalue weighted by Crippen LogP contribution is 2.29. The molecule has 0 aromatic heterocycles. The number of sulfone groups is 1. The molecule has 0 bridgehead atoms. The fourth-order valence-electron chi connectivity index (χ4n) is 2.90. The Bertz CT molecular complexity index is 484. The summed E-state index contributed by atoms with van der Waals surface area (Å²) in [6, 6.07) is 10.4. The number of rotatable bonds is 4.